The molecule has 0 atom stereocenters. The van der Waals surface area contributed by atoms with Gasteiger partial charge in [0.05, 0.1) is 0 Å². The fraction of sp³-hybridized carbons (Fsp3) is 0.353. The Hall–Kier alpha value is -2.47. The van der Waals surface area contributed by atoms with E-state index >= 15 is 0 Å². The van der Waals surface area contributed by atoms with E-state index in [2.05, 4.69) is 15.1 Å². The molecule has 0 saturated carbocycles. The van der Waals surface area contributed by atoms with Gasteiger partial charge in [-0.1, -0.05) is 18.2 Å². The van der Waals surface area contributed by atoms with Crippen molar-refractivity contribution < 1.29 is 9.53 Å². The minimum atomic E-state index is -0.0433. The molecule has 0 unspecified atom stereocenters. The molecule has 6 heteroatoms. The number of hydrogen-bond acceptors (Lipinski definition) is 5. The van der Waals surface area contributed by atoms with Crippen LogP contribution in [-0.4, -0.2) is 65.2 Å². The van der Waals surface area contributed by atoms with Crippen LogP contribution >= 0.6 is 0 Å². The molecule has 0 aliphatic carbocycles. The van der Waals surface area contributed by atoms with Crippen LogP contribution in [0.15, 0.2) is 48.7 Å². The van der Waals surface area contributed by atoms with Crippen molar-refractivity contribution in [2.75, 3.05) is 39.3 Å². The SMILES string of the molecule is O=C(c1cccnn1)N1CCN(CCOc2ccccc2)CC1. The van der Waals surface area contributed by atoms with E-state index in [0.29, 0.717) is 25.4 Å². The second-order valence-corrected chi connectivity index (χ2v) is 5.40. The molecule has 1 aliphatic rings. The third kappa shape index (κ3) is 4.26. The van der Waals surface area contributed by atoms with Gasteiger partial charge in [0.1, 0.15) is 12.4 Å². The molecule has 1 aromatic carbocycles. The fourth-order valence-electron chi connectivity index (χ4n) is 2.56. The predicted octanol–water partition coefficient (Wildman–Crippen LogP) is 1.31. The quantitative estimate of drug-likeness (QED) is 0.833. The number of benzene rings is 1. The molecule has 2 heterocycles. The topological polar surface area (TPSA) is 58.6 Å². The van der Waals surface area contributed by atoms with Crippen LogP contribution in [-0.2, 0) is 0 Å². The highest BCUT2D eigenvalue weighted by atomic mass is 16.5. The summed E-state index contributed by atoms with van der Waals surface area (Å²) in [6.45, 7) is 4.64. The van der Waals surface area contributed by atoms with E-state index < -0.39 is 0 Å². The summed E-state index contributed by atoms with van der Waals surface area (Å²) in [6.07, 6.45) is 1.57. The lowest BCUT2D eigenvalue weighted by molar-refractivity contribution is 0.0613. The average Bonchev–Trinajstić information content (AvgIpc) is 2.63. The van der Waals surface area contributed by atoms with Gasteiger partial charge in [-0.2, -0.15) is 5.10 Å². The number of hydrogen-bond donors (Lipinski definition) is 0. The van der Waals surface area contributed by atoms with Crippen molar-refractivity contribution in [1.29, 1.82) is 0 Å². The number of ether oxygens (including phenoxy) is 1. The molecule has 0 spiro atoms. The summed E-state index contributed by atoms with van der Waals surface area (Å²) in [7, 11) is 0. The Morgan fingerprint density at radius 1 is 1.04 bits per heavy atom. The van der Waals surface area contributed by atoms with E-state index in [1.807, 2.05) is 35.2 Å². The third-order valence-corrected chi connectivity index (χ3v) is 3.87. The van der Waals surface area contributed by atoms with Crippen LogP contribution in [0.2, 0.25) is 0 Å². The molecule has 1 amide bonds. The molecular formula is C17H20N4O2. The van der Waals surface area contributed by atoms with Gasteiger partial charge < -0.3 is 9.64 Å². The Bertz CT molecular complexity index is 613. The molecule has 1 fully saturated rings. The number of piperazine rings is 1. The zero-order valence-electron chi connectivity index (χ0n) is 13.0. The van der Waals surface area contributed by atoms with Crippen molar-refractivity contribution in [2.45, 2.75) is 0 Å². The summed E-state index contributed by atoms with van der Waals surface area (Å²) in [5.74, 6) is 0.849. The van der Waals surface area contributed by atoms with Crippen molar-refractivity contribution in [3.63, 3.8) is 0 Å². The Morgan fingerprint density at radius 3 is 2.52 bits per heavy atom. The van der Waals surface area contributed by atoms with Crippen LogP contribution in [0.5, 0.6) is 5.75 Å². The number of amides is 1. The number of rotatable bonds is 5. The molecular weight excluding hydrogens is 292 g/mol. The van der Waals surface area contributed by atoms with Crippen molar-refractivity contribution in [1.82, 2.24) is 20.0 Å². The average molecular weight is 312 g/mol. The van der Waals surface area contributed by atoms with Gasteiger partial charge in [-0.3, -0.25) is 9.69 Å². The van der Waals surface area contributed by atoms with Crippen molar-refractivity contribution in [3.05, 3.63) is 54.4 Å². The highest BCUT2D eigenvalue weighted by molar-refractivity contribution is 5.92. The molecule has 0 N–H and O–H groups in total. The first-order valence-electron chi connectivity index (χ1n) is 7.80. The van der Waals surface area contributed by atoms with Crippen LogP contribution in [0.4, 0.5) is 0 Å². The Morgan fingerprint density at radius 2 is 1.83 bits per heavy atom. The highest BCUT2D eigenvalue weighted by Crippen LogP contribution is 2.09. The Labute approximate surface area is 135 Å². The first kappa shape index (κ1) is 15.4. The molecule has 0 radical (unpaired) electrons. The summed E-state index contributed by atoms with van der Waals surface area (Å²) in [6, 6.07) is 13.3. The standard InChI is InChI=1S/C17H20N4O2/c22-17(16-7-4-8-18-19-16)21-11-9-20(10-12-21)13-14-23-15-5-2-1-3-6-15/h1-8H,9-14H2. The molecule has 120 valence electrons. The van der Waals surface area contributed by atoms with Gasteiger partial charge in [0.15, 0.2) is 5.69 Å². The van der Waals surface area contributed by atoms with Crippen LogP contribution in [0.25, 0.3) is 0 Å². The summed E-state index contributed by atoms with van der Waals surface area (Å²) >= 11 is 0. The lowest BCUT2D eigenvalue weighted by Gasteiger charge is -2.34. The minimum Gasteiger partial charge on any atom is -0.492 e. The van der Waals surface area contributed by atoms with E-state index in [4.69, 9.17) is 4.74 Å². The summed E-state index contributed by atoms with van der Waals surface area (Å²) in [4.78, 5) is 16.4. The van der Waals surface area contributed by atoms with Crippen LogP contribution in [0.3, 0.4) is 0 Å². The summed E-state index contributed by atoms with van der Waals surface area (Å²) < 4.78 is 5.71. The monoisotopic (exact) mass is 312 g/mol. The number of carbonyl (C=O) groups excluding carboxylic acids is 1. The Balaban J connectivity index is 1.41. The maximum Gasteiger partial charge on any atom is 0.274 e. The Kier molecular flexibility index (Phi) is 5.16. The molecule has 0 bridgehead atoms. The van der Waals surface area contributed by atoms with E-state index in [9.17, 15) is 4.79 Å². The molecule has 3 rings (SSSR count). The summed E-state index contributed by atoms with van der Waals surface area (Å²) in [5, 5.41) is 7.64. The maximum atomic E-state index is 12.3. The number of aromatic nitrogens is 2. The van der Waals surface area contributed by atoms with Crippen molar-refractivity contribution in [3.8, 4) is 5.75 Å². The van der Waals surface area contributed by atoms with Crippen molar-refractivity contribution >= 4 is 5.91 Å². The molecule has 2 aromatic rings. The molecule has 1 saturated heterocycles. The van der Waals surface area contributed by atoms with Crippen LogP contribution < -0.4 is 4.74 Å². The first-order chi connectivity index (χ1) is 11.3. The minimum absolute atomic E-state index is 0.0433. The molecule has 6 nitrogen and oxygen atoms in total. The van der Waals surface area contributed by atoms with E-state index in [-0.39, 0.29) is 5.91 Å². The normalized spacial score (nSPS) is 15.4. The summed E-state index contributed by atoms with van der Waals surface area (Å²) in [5.41, 5.74) is 0.411. The van der Waals surface area contributed by atoms with E-state index in [1.54, 1.807) is 18.3 Å². The molecule has 1 aliphatic heterocycles. The van der Waals surface area contributed by atoms with Crippen molar-refractivity contribution in [2.24, 2.45) is 0 Å². The lowest BCUT2D eigenvalue weighted by Crippen LogP contribution is -2.49. The van der Waals surface area contributed by atoms with Gasteiger partial charge in [0.2, 0.25) is 0 Å². The lowest BCUT2D eigenvalue weighted by atomic mass is 10.2. The predicted molar refractivity (Wildman–Crippen MR) is 86.3 cm³/mol. The van der Waals surface area contributed by atoms with Crippen LogP contribution in [0, 0.1) is 0 Å². The fourth-order valence-corrected chi connectivity index (χ4v) is 2.56. The highest BCUT2D eigenvalue weighted by Gasteiger charge is 2.22. The van der Waals surface area contributed by atoms with Gasteiger partial charge in [0, 0.05) is 38.9 Å². The maximum absolute atomic E-state index is 12.3. The first-order valence-corrected chi connectivity index (χ1v) is 7.80. The number of carbonyl (C=O) groups is 1. The van der Waals surface area contributed by atoms with Gasteiger partial charge in [-0.05, 0) is 24.3 Å². The second-order valence-electron chi connectivity index (χ2n) is 5.40. The number of nitrogens with zero attached hydrogens (tertiary/aromatic N) is 4. The smallest absolute Gasteiger partial charge is 0.274 e. The van der Waals surface area contributed by atoms with E-state index in [0.717, 1.165) is 25.4 Å². The molecule has 23 heavy (non-hydrogen) atoms. The second kappa shape index (κ2) is 7.69. The van der Waals surface area contributed by atoms with E-state index in [1.165, 1.54) is 0 Å². The zero-order valence-corrected chi connectivity index (χ0v) is 13.0. The van der Waals surface area contributed by atoms with Gasteiger partial charge >= 0.3 is 0 Å². The third-order valence-electron chi connectivity index (χ3n) is 3.87. The van der Waals surface area contributed by atoms with Crippen LogP contribution in [0.1, 0.15) is 10.5 Å². The van der Waals surface area contributed by atoms with Gasteiger partial charge in [-0.15, -0.1) is 5.10 Å². The van der Waals surface area contributed by atoms with Gasteiger partial charge in [0.25, 0.3) is 5.91 Å². The van der Waals surface area contributed by atoms with Gasteiger partial charge in [-0.25, -0.2) is 0 Å². The zero-order chi connectivity index (χ0) is 15.9. The number of para-hydroxylation sites is 1. The largest absolute Gasteiger partial charge is 0.492 e. The molecule has 1 aromatic heterocycles.